The highest BCUT2D eigenvalue weighted by atomic mass is 19.1. The molecule has 0 bridgehead atoms. The summed E-state index contributed by atoms with van der Waals surface area (Å²) < 4.78 is 20.3. The summed E-state index contributed by atoms with van der Waals surface area (Å²) in [6.45, 7) is 3.10. The predicted molar refractivity (Wildman–Crippen MR) is 121 cm³/mol. The Morgan fingerprint density at radius 1 is 1.18 bits per heavy atom. The van der Waals surface area contributed by atoms with Gasteiger partial charge in [-0.25, -0.2) is 14.2 Å². The molecule has 2 aromatic rings. The Morgan fingerprint density at radius 2 is 1.97 bits per heavy atom. The van der Waals surface area contributed by atoms with Gasteiger partial charge in [0.1, 0.15) is 11.9 Å². The zero-order valence-corrected chi connectivity index (χ0v) is 18.8. The summed E-state index contributed by atoms with van der Waals surface area (Å²) in [6, 6.07) is 8.09. The van der Waals surface area contributed by atoms with Gasteiger partial charge in [-0.3, -0.25) is 24.3 Å². The summed E-state index contributed by atoms with van der Waals surface area (Å²) in [5.41, 5.74) is 1.57. The topological polar surface area (TPSA) is 104 Å². The molecule has 2 aliphatic rings. The zero-order chi connectivity index (χ0) is 24.1. The highest BCUT2D eigenvalue weighted by Crippen LogP contribution is 2.28. The van der Waals surface area contributed by atoms with Gasteiger partial charge >= 0.3 is 6.09 Å². The summed E-state index contributed by atoms with van der Waals surface area (Å²) in [6.07, 6.45) is 2.36. The number of benzene rings is 1. The second-order valence-electron chi connectivity index (χ2n) is 8.04. The van der Waals surface area contributed by atoms with Crippen LogP contribution in [0, 0.1) is 5.82 Å². The molecule has 34 heavy (non-hydrogen) atoms. The standard InChI is InChI=1S/C23H26FN5O5/c1-16(30)26-14-19-15-28(23(32)34-19)18-2-3-21(20(24)13-18)27-8-9-29(33-11-10-27)22(31)12-17-4-6-25-7-5-17/h2-7,13,19H,8-12,14-15H2,1H3,(H,26,30)/t19-/m0/s1. The number of ether oxygens (including phenoxy) is 1. The van der Waals surface area contributed by atoms with Crippen LogP contribution in [0.15, 0.2) is 42.7 Å². The molecule has 3 amide bonds. The van der Waals surface area contributed by atoms with Gasteiger partial charge in [0, 0.05) is 32.4 Å². The predicted octanol–water partition coefficient (Wildman–Crippen LogP) is 1.50. The quantitative estimate of drug-likeness (QED) is 0.681. The van der Waals surface area contributed by atoms with E-state index in [1.807, 2.05) is 0 Å². The van der Waals surface area contributed by atoms with Crippen LogP contribution in [0.2, 0.25) is 0 Å². The molecule has 4 rings (SSSR count). The van der Waals surface area contributed by atoms with E-state index in [2.05, 4.69) is 10.3 Å². The van der Waals surface area contributed by atoms with E-state index < -0.39 is 18.0 Å². The first kappa shape index (κ1) is 23.4. The second-order valence-corrected chi connectivity index (χ2v) is 8.04. The highest BCUT2D eigenvalue weighted by Gasteiger charge is 2.33. The number of nitrogens with one attached hydrogen (secondary N) is 1. The second kappa shape index (κ2) is 10.5. The number of cyclic esters (lactones) is 1. The van der Waals surface area contributed by atoms with Crippen LogP contribution in [0.3, 0.4) is 0 Å². The minimum Gasteiger partial charge on any atom is -0.442 e. The maximum Gasteiger partial charge on any atom is 0.414 e. The van der Waals surface area contributed by atoms with E-state index in [0.29, 0.717) is 24.5 Å². The molecular formula is C23H26FN5O5. The average Bonchev–Trinajstić information content (AvgIpc) is 3.02. The maximum atomic E-state index is 15.0. The lowest BCUT2D eigenvalue weighted by Crippen LogP contribution is -2.35. The molecule has 1 N–H and O–H groups in total. The molecule has 0 radical (unpaired) electrons. The third kappa shape index (κ3) is 5.60. The summed E-state index contributed by atoms with van der Waals surface area (Å²) >= 11 is 0. The number of pyridine rings is 1. The highest BCUT2D eigenvalue weighted by molar-refractivity contribution is 5.90. The number of nitrogens with zero attached hydrogens (tertiary/aromatic N) is 4. The van der Waals surface area contributed by atoms with Crippen molar-refractivity contribution < 1.29 is 28.3 Å². The fourth-order valence-corrected chi connectivity index (χ4v) is 3.87. The van der Waals surface area contributed by atoms with E-state index in [9.17, 15) is 14.4 Å². The van der Waals surface area contributed by atoms with Crippen LogP contribution >= 0.6 is 0 Å². The largest absolute Gasteiger partial charge is 0.442 e. The van der Waals surface area contributed by atoms with Crippen LogP contribution in [0.4, 0.5) is 20.6 Å². The van der Waals surface area contributed by atoms with E-state index >= 15 is 4.39 Å². The Balaban J connectivity index is 1.37. The van der Waals surface area contributed by atoms with Crippen molar-refractivity contribution >= 4 is 29.3 Å². The van der Waals surface area contributed by atoms with Gasteiger partial charge < -0.3 is 15.0 Å². The molecule has 1 atom stereocenters. The van der Waals surface area contributed by atoms with Crippen LogP contribution in [0.1, 0.15) is 12.5 Å². The lowest BCUT2D eigenvalue weighted by molar-refractivity contribution is -0.181. The summed E-state index contributed by atoms with van der Waals surface area (Å²) in [7, 11) is 0. The van der Waals surface area contributed by atoms with Gasteiger partial charge in [-0.05, 0) is 35.9 Å². The molecule has 0 spiro atoms. The van der Waals surface area contributed by atoms with Crippen molar-refractivity contribution in [1.82, 2.24) is 15.4 Å². The summed E-state index contributed by atoms with van der Waals surface area (Å²) in [5.74, 6) is -0.888. The molecule has 1 aromatic carbocycles. The molecule has 180 valence electrons. The van der Waals surface area contributed by atoms with Crippen molar-refractivity contribution in [3.8, 4) is 0 Å². The fourth-order valence-electron chi connectivity index (χ4n) is 3.87. The van der Waals surface area contributed by atoms with Crippen molar-refractivity contribution in [3.63, 3.8) is 0 Å². The number of carbonyl (C=O) groups excluding carboxylic acids is 3. The minimum atomic E-state index is -0.589. The van der Waals surface area contributed by atoms with E-state index in [1.54, 1.807) is 41.6 Å². The number of hydrogen-bond acceptors (Lipinski definition) is 7. The number of rotatable bonds is 6. The van der Waals surface area contributed by atoms with Crippen molar-refractivity contribution in [3.05, 3.63) is 54.1 Å². The first-order chi connectivity index (χ1) is 16.4. The number of hydroxylamine groups is 2. The van der Waals surface area contributed by atoms with E-state index in [-0.39, 0.29) is 44.5 Å². The molecule has 2 aliphatic heterocycles. The third-order valence-corrected chi connectivity index (χ3v) is 5.60. The SMILES string of the molecule is CC(=O)NC[C@H]1CN(c2ccc(N3CCON(C(=O)Cc4ccncc4)CC3)c(F)c2)C(=O)O1. The van der Waals surface area contributed by atoms with Gasteiger partial charge in [0.2, 0.25) is 5.91 Å². The van der Waals surface area contributed by atoms with Gasteiger partial charge in [-0.1, -0.05) is 0 Å². The smallest absolute Gasteiger partial charge is 0.414 e. The molecule has 2 fully saturated rings. The van der Waals surface area contributed by atoms with Gasteiger partial charge in [-0.2, -0.15) is 0 Å². The Morgan fingerprint density at radius 3 is 2.71 bits per heavy atom. The first-order valence-electron chi connectivity index (χ1n) is 11.0. The van der Waals surface area contributed by atoms with Crippen molar-refractivity contribution in [1.29, 1.82) is 0 Å². The van der Waals surface area contributed by atoms with Gasteiger partial charge in [-0.15, -0.1) is 0 Å². The maximum absolute atomic E-state index is 15.0. The summed E-state index contributed by atoms with van der Waals surface area (Å²) in [4.78, 5) is 48.6. The van der Waals surface area contributed by atoms with Crippen molar-refractivity contribution in [2.45, 2.75) is 19.4 Å². The molecular weight excluding hydrogens is 445 g/mol. The van der Waals surface area contributed by atoms with Crippen LogP contribution in [0.5, 0.6) is 0 Å². The average molecular weight is 471 g/mol. The molecule has 0 aliphatic carbocycles. The third-order valence-electron chi connectivity index (χ3n) is 5.60. The molecule has 1 aromatic heterocycles. The molecule has 0 saturated carbocycles. The lowest BCUT2D eigenvalue weighted by Gasteiger charge is -2.24. The Labute approximate surface area is 196 Å². The number of hydrogen-bond donors (Lipinski definition) is 1. The number of halogens is 1. The fraction of sp³-hybridized carbons (Fsp3) is 0.391. The van der Waals surface area contributed by atoms with Gasteiger partial charge in [0.05, 0.1) is 44.0 Å². The monoisotopic (exact) mass is 471 g/mol. The van der Waals surface area contributed by atoms with E-state index in [1.165, 1.54) is 23.0 Å². The molecule has 0 unspecified atom stereocenters. The van der Waals surface area contributed by atoms with Crippen LogP contribution in [-0.4, -0.2) is 73.4 Å². The normalized spacial score (nSPS) is 18.5. The number of carbonyl (C=O) groups is 3. The Hall–Kier alpha value is -3.73. The van der Waals surface area contributed by atoms with Crippen LogP contribution in [0.25, 0.3) is 0 Å². The van der Waals surface area contributed by atoms with Crippen LogP contribution in [-0.2, 0) is 25.6 Å². The van der Waals surface area contributed by atoms with Crippen LogP contribution < -0.4 is 15.1 Å². The first-order valence-corrected chi connectivity index (χ1v) is 11.0. The van der Waals surface area contributed by atoms with Crippen molar-refractivity contribution in [2.75, 3.05) is 49.1 Å². The number of anilines is 2. The van der Waals surface area contributed by atoms with Gasteiger partial charge in [0.15, 0.2) is 0 Å². The zero-order valence-electron chi connectivity index (χ0n) is 18.8. The Kier molecular flexibility index (Phi) is 7.21. The molecule has 10 nitrogen and oxygen atoms in total. The van der Waals surface area contributed by atoms with E-state index in [0.717, 1.165) is 5.56 Å². The van der Waals surface area contributed by atoms with E-state index in [4.69, 9.17) is 9.57 Å². The molecule has 3 heterocycles. The molecule has 11 heteroatoms. The Bertz CT molecular complexity index is 1050. The minimum absolute atomic E-state index is 0.176. The number of amides is 3. The van der Waals surface area contributed by atoms with Crippen molar-refractivity contribution in [2.24, 2.45) is 0 Å². The molecule has 2 saturated heterocycles. The lowest BCUT2D eigenvalue weighted by atomic mass is 10.2. The number of aromatic nitrogens is 1. The summed E-state index contributed by atoms with van der Waals surface area (Å²) in [5, 5.41) is 3.93. The van der Waals surface area contributed by atoms with Gasteiger partial charge in [0.25, 0.3) is 5.91 Å².